The van der Waals surface area contributed by atoms with Gasteiger partial charge in [0, 0.05) is 18.4 Å². The van der Waals surface area contributed by atoms with E-state index in [1.54, 1.807) is 25.3 Å². The van der Waals surface area contributed by atoms with Crippen molar-refractivity contribution in [3.05, 3.63) is 89.0 Å². The molecule has 2 aromatic carbocycles. The molecule has 30 heavy (non-hydrogen) atoms. The summed E-state index contributed by atoms with van der Waals surface area (Å²) in [5.74, 6) is -0.255. The maximum atomic E-state index is 13.2. The molecular formula is C23H22F2N4O. The zero-order valence-corrected chi connectivity index (χ0v) is 16.6. The third kappa shape index (κ3) is 4.52. The summed E-state index contributed by atoms with van der Waals surface area (Å²) in [5, 5.41) is 2.73. The molecule has 2 heterocycles. The van der Waals surface area contributed by atoms with Crippen molar-refractivity contribution in [1.82, 2.24) is 14.9 Å². The number of hydrogen-bond donors (Lipinski definition) is 1. The Hall–Kier alpha value is -3.19. The molecule has 0 unspecified atom stereocenters. The predicted octanol–water partition coefficient (Wildman–Crippen LogP) is 4.65. The molecule has 1 aliphatic heterocycles. The van der Waals surface area contributed by atoms with Crippen molar-refractivity contribution in [3.63, 3.8) is 0 Å². The lowest BCUT2D eigenvalue weighted by atomic mass is 10.1. The summed E-state index contributed by atoms with van der Waals surface area (Å²) in [7, 11) is 0. The quantitative estimate of drug-likeness (QED) is 0.668. The second-order valence-electron chi connectivity index (χ2n) is 7.44. The monoisotopic (exact) mass is 408 g/mol. The van der Waals surface area contributed by atoms with E-state index in [9.17, 15) is 13.6 Å². The summed E-state index contributed by atoms with van der Waals surface area (Å²) in [5.41, 5.74) is 2.51. The van der Waals surface area contributed by atoms with Crippen molar-refractivity contribution < 1.29 is 13.6 Å². The van der Waals surface area contributed by atoms with Crippen LogP contribution in [0.1, 0.15) is 46.3 Å². The van der Waals surface area contributed by atoms with Crippen molar-refractivity contribution in [1.29, 1.82) is 0 Å². The average molecular weight is 408 g/mol. The molecule has 1 atom stereocenters. The number of aryl methyl sites for hydroxylation is 1. The van der Waals surface area contributed by atoms with Gasteiger partial charge in [0.25, 0.3) is 5.91 Å². The Morgan fingerprint density at radius 1 is 1.10 bits per heavy atom. The fraction of sp³-hybridized carbons (Fsp3) is 0.261. The summed E-state index contributed by atoms with van der Waals surface area (Å²) in [6.45, 7) is 3.39. The topological polar surface area (TPSA) is 58.1 Å². The van der Waals surface area contributed by atoms with E-state index in [1.165, 1.54) is 36.4 Å². The van der Waals surface area contributed by atoms with Crippen molar-refractivity contribution in [3.8, 4) is 0 Å². The molecule has 7 heteroatoms. The Kier molecular flexibility index (Phi) is 5.81. The molecule has 3 aromatic rings. The van der Waals surface area contributed by atoms with Crippen LogP contribution in [-0.4, -0.2) is 27.3 Å². The molecule has 0 saturated carbocycles. The first-order valence-electron chi connectivity index (χ1n) is 9.88. The first-order chi connectivity index (χ1) is 14.5. The Labute approximate surface area is 173 Å². The number of nitrogens with one attached hydrogen (secondary N) is 1. The van der Waals surface area contributed by atoms with Crippen LogP contribution in [0.5, 0.6) is 0 Å². The van der Waals surface area contributed by atoms with Crippen LogP contribution in [0, 0.1) is 18.6 Å². The normalized spacial score (nSPS) is 16.6. The number of anilines is 1. The molecule has 0 bridgehead atoms. The zero-order chi connectivity index (χ0) is 21.1. The van der Waals surface area contributed by atoms with Crippen molar-refractivity contribution >= 4 is 11.6 Å². The van der Waals surface area contributed by atoms with Gasteiger partial charge in [0.05, 0.1) is 17.3 Å². The molecule has 5 nitrogen and oxygen atoms in total. The molecule has 0 spiro atoms. The van der Waals surface area contributed by atoms with Gasteiger partial charge < -0.3 is 5.32 Å². The molecule has 1 amide bonds. The highest BCUT2D eigenvalue weighted by atomic mass is 19.1. The molecular weight excluding hydrogens is 386 g/mol. The van der Waals surface area contributed by atoms with Gasteiger partial charge in [0.15, 0.2) is 0 Å². The minimum absolute atomic E-state index is 0.0583. The molecule has 0 radical (unpaired) electrons. The van der Waals surface area contributed by atoms with E-state index in [0.717, 1.165) is 24.9 Å². The standard InChI is InChI=1S/C23H22F2N4O/c1-15-20(23(30)28-19-10-8-18(25)9-11-19)13-26-22(27-15)21-3-2-12-29(21)14-16-4-6-17(24)7-5-16/h4-11,13,21H,2-3,12,14H2,1H3,(H,28,30)/t21-/m0/s1. The fourth-order valence-corrected chi connectivity index (χ4v) is 3.73. The number of rotatable bonds is 5. The largest absolute Gasteiger partial charge is 0.322 e. The summed E-state index contributed by atoms with van der Waals surface area (Å²) in [6, 6.07) is 12.2. The van der Waals surface area contributed by atoms with E-state index < -0.39 is 0 Å². The number of hydrogen-bond acceptors (Lipinski definition) is 4. The highest BCUT2D eigenvalue weighted by Crippen LogP contribution is 2.31. The Balaban J connectivity index is 1.48. The molecule has 1 aromatic heterocycles. The van der Waals surface area contributed by atoms with Crippen molar-refractivity contribution in [2.24, 2.45) is 0 Å². The third-order valence-electron chi connectivity index (χ3n) is 5.31. The SMILES string of the molecule is Cc1nc([C@@H]2CCCN2Cc2ccc(F)cc2)ncc1C(=O)Nc1ccc(F)cc1. The van der Waals surface area contributed by atoms with Gasteiger partial charge in [0.1, 0.15) is 17.5 Å². The van der Waals surface area contributed by atoms with Gasteiger partial charge in [-0.25, -0.2) is 18.7 Å². The van der Waals surface area contributed by atoms with Crippen LogP contribution in [-0.2, 0) is 6.54 Å². The van der Waals surface area contributed by atoms with Crippen LogP contribution in [0.3, 0.4) is 0 Å². The summed E-state index contributed by atoms with van der Waals surface area (Å²) in [4.78, 5) is 23.9. The number of carbonyl (C=O) groups excluding carboxylic acids is 1. The van der Waals surface area contributed by atoms with Crippen LogP contribution < -0.4 is 5.32 Å². The lowest BCUT2D eigenvalue weighted by Crippen LogP contribution is -2.25. The van der Waals surface area contributed by atoms with Gasteiger partial charge in [-0.2, -0.15) is 0 Å². The minimum atomic E-state index is -0.362. The molecule has 154 valence electrons. The van der Waals surface area contributed by atoms with Gasteiger partial charge in [-0.3, -0.25) is 9.69 Å². The Bertz CT molecular complexity index is 1040. The van der Waals surface area contributed by atoms with E-state index in [4.69, 9.17) is 0 Å². The Morgan fingerprint density at radius 3 is 2.43 bits per heavy atom. The van der Waals surface area contributed by atoms with Crippen molar-refractivity contribution in [2.75, 3.05) is 11.9 Å². The summed E-state index contributed by atoms with van der Waals surface area (Å²) in [6.07, 6.45) is 3.51. The van der Waals surface area contributed by atoms with Crippen LogP contribution >= 0.6 is 0 Å². The molecule has 0 aliphatic carbocycles. The number of likely N-dealkylation sites (tertiary alicyclic amines) is 1. The van der Waals surface area contributed by atoms with Crippen LogP contribution in [0.4, 0.5) is 14.5 Å². The molecule has 1 N–H and O–H groups in total. The molecule has 4 rings (SSSR count). The lowest BCUT2D eigenvalue weighted by Gasteiger charge is -2.23. The van der Waals surface area contributed by atoms with E-state index in [0.29, 0.717) is 29.3 Å². The fourth-order valence-electron chi connectivity index (χ4n) is 3.73. The van der Waals surface area contributed by atoms with Gasteiger partial charge in [-0.15, -0.1) is 0 Å². The molecule has 1 fully saturated rings. The number of halogens is 2. The van der Waals surface area contributed by atoms with E-state index in [-0.39, 0.29) is 23.6 Å². The number of amides is 1. The number of carbonyl (C=O) groups is 1. The van der Waals surface area contributed by atoms with E-state index in [2.05, 4.69) is 20.2 Å². The van der Waals surface area contributed by atoms with Crippen molar-refractivity contribution in [2.45, 2.75) is 32.4 Å². The first kappa shape index (κ1) is 20.1. The average Bonchev–Trinajstić information content (AvgIpc) is 3.19. The summed E-state index contributed by atoms with van der Waals surface area (Å²) < 4.78 is 26.2. The second kappa shape index (κ2) is 8.67. The van der Waals surface area contributed by atoms with E-state index in [1.807, 2.05) is 0 Å². The van der Waals surface area contributed by atoms with Gasteiger partial charge in [-0.1, -0.05) is 12.1 Å². The minimum Gasteiger partial charge on any atom is -0.322 e. The molecule has 1 saturated heterocycles. The summed E-state index contributed by atoms with van der Waals surface area (Å²) >= 11 is 0. The Morgan fingerprint density at radius 2 is 1.77 bits per heavy atom. The smallest absolute Gasteiger partial charge is 0.259 e. The lowest BCUT2D eigenvalue weighted by molar-refractivity contribution is 0.102. The second-order valence-corrected chi connectivity index (χ2v) is 7.44. The number of nitrogens with zero attached hydrogens (tertiary/aromatic N) is 3. The van der Waals surface area contributed by atoms with Crippen LogP contribution in [0.15, 0.2) is 54.7 Å². The number of aromatic nitrogens is 2. The van der Waals surface area contributed by atoms with Crippen LogP contribution in [0.2, 0.25) is 0 Å². The van der Waals surface area contributed by atoms with Gasteiger partial charge in [0.2, 0.25) is 0 Å². The van der Waals surface area contributed by atoms with Gasteiger partial charge >= 0.3 is 0 Å². The molecule has 1 aliphatic rings. The number of benzene rings is 2. The van der Waals surface area contributed by atoms with E-state index >= 15 is 0 Å². The maximum absolute atomic E-state index is 13.2. The van der Waals surface area contributed by atoms with Crippen LogP contribution in [0.25, 0.3) is 0 Å². The first-order valence-corrected chi connectivity index (χ1v) is 9.88. The van der Waals surface area contributed by atoms with Gasteiger partial charge in [-0.05, 0) is 68.3 Å². The highest BCUT2D eigenvalue weighted by Gasteiger charge is 2.29. The third-order valence-corrected chi connectivity index (χ3v) is 5.31. The maximum Gasteiger partial charge on any atom is 0.259 e. The zero-order valence-electron chi connectivity index (χ0n) is 16.6. The predicted molar refractivity (Wildman–Crippen MR) is 110 cm³/mol. The highest BCUT2D eigenvalue weighted by molar-refractivity contribution is 6.04.